The van der Waals surface area contributed by atoms with Gasteiger partial charge in [-0.25, -0.2) is 4.98 Å². The lowest BCUT2D eigenvalue weighted by Crippen LogP contribution is -2.38. The second-order valence-electron chi connectivity index (χ2n) is 8.45. The van der Waals surface area contributed by atoms with E-state index < -0.39 is 0 Å². The first-order valence-corrected chi connectivity index (χ1v) is 13.4. The van der Waals surface area contributed by atoms with Crippen molar-refractivity contribution in [2.75, 3.05) is 32.1 Å². The van der Waals surface area contributed by atoms with Gasteiger partial charge in [0.1, 0.15) is 13.2 Å². The molecule has 172 valence electrons. The molecule has 1 fully saturated rings. The van der Waals surface area contributed by atoms with E-state index in [9.17, 15) is 4.79 Å². The van der Waals surface area contributed by atoms with Gasteiger partial charge in [-0.1, -0.05) is 18.2 Å². The smallest absolute Gasteiger partial charge is 0.223 e. The molecule has 1 amide bonds. The van der Waals surface area contributed by atoms with E-state index in [-0.39, 0.29) is 5.91 Å². The van der Waals surface area contributed by atoms with E-state index in [0.29, 0.717) is 25.6 Å². The normalized spacial score (nSPS) is 16.1. The number of hydrogen-bond donors (Lipinski definition) is 0. The maximum Gasteiger partial charge on any atom is 0.223 e. The average molecular weight is 481 g/mol. The molecule has 0 radical (unpaired) electrons. The average Bonchev–Trinajstić information content (AvgIpc) is 3.35. The van der Waals surface area contributed by atoms with Crippen molar-refractivity contribution in [1.82, 2.24) is 9.88 Å². The first-order chi connectivity index (χ1) is 16.2. The van der Waals surface area contributed by atoms with Gasteiger partial charge in [-0.3, -0.25) is 4.79 Å². The molecule has 0 atom stereocenters. The van der Waals surface area contributed by atoms with Crippen LogP contribution in [0.1, 0.15) is 35.8 Å². The van der Waals surface area contributed by atoms with Crippen molar-refractivity contribution in [2.24, 2.45) is 0 Å². The molecule has 0 saturated carbocycles. The van der Waals surface area contributed by atoms with E-state index in [1.54, 1.807) is 23.1 Å². The molecule has 1 saturated heterocycles. The molecule has 3 heterocycles. The Kier molecular flexibility index (Phi) is 6.88. The van der Waals surface area contributed by atoms with E-state index in [1.165, 1.54) is 15.5 Å². The Hall–Kier alpha value is -2.51. The minimum absolute atomic E-state index is 0.269. The van der Waals surface area contributed by atoms with Gasteiger partial charge in [-0.05, 0) is 49.6 Å². The number of rotatable bonds is 6. The summed E-state index contributed by atoms with van der Waals surface area (Å²) in [5.41, 5.74) is 3.31. The molecule has 33 heavy (non-hydrogen) atoms. The number of aromatic nitrogens is 1. The Bertz CT molecular complexity index is 1120. The molecule has 5 rings (SSSR count). The third-order valence-electron chi connectivity index (χ3n) is 6.22. The Balaban J connectivity index is 1.13. The molecule has 0 aliphatic carbocycles. The molecule has 3 aromatic rings. The first kappa shape index (κ1) is 22.3. The summed E-state index contributed by atoms with van der Waals surface area (Å²) in [5.74, 6) is 3.11. The van der Waals surface area contributed by atoms with Gasteiger partial charge in [0.25, 0.3) is 0 Å². The molecule has 0 unspecified atom stereocenters. The van der Waals surface area contributed by atoms with Crippen molar-refractivity contribution in [2.45, 2.75) is 37.0 Å². The Morgan fingerprint density at radius 3 is 2.73 bits per heavy atom. The summed E-state index contributed by atoms with van der Waals surface area (Å²) in [6, 6.07) is 14.4. The second kappa shape index (κ2) is 10.2. The fourth-order valence-electron chi connectivity index (χ4n) is 4.31. The molecule has 2 aliphatic heterocycles. The van der Waals surface area contributed by atoms with E-state index in [4.69, 9.17) is 14.5 Å². The van der Waals surface area contributed by atoms with Crippen LogP contribution < -0.4 is 9.47 Å². The molecule has 7 heteroatoms. The van der Waals surface area contributed by atoms with Crippen LogP contribution >= 0.6 is 23.1 Å². The number of fused-ring (bicyclic) bond motifs is 1. The number of carbonyl (C=O) groups excluding carboxylic acids is 1. The Labute approximate surface area is 203 Å². The number of carbonyl (C=O) groups is 1. The predicted molar refractivity (Wildman–Crippen MR) is 134 cm³/mol. The van der Waals surface area contributed by atoms with Crippen molar-refractivity contribution >= 4 is 29.0 Å². The van der Waals surface area contributed by atoms with Crippen molar-refractivity contribution < 1.29 is 14.3 Å². The van der Waals surface area contributed by atoms with Crippen molar-refractivity contribution in [3.05, 3.63) is 58.4 Å². The van der Waals surface area contributed by atoms with Gasteiger partial charge >= 0.3 is 0 Å². The molecular formula is C26H28N2O3S2. The van der Waals surface area contributed by atoms with Gasteiger partial charge in [0.2, 0.25) is 5.91 Å². The van der Waals surface area contributed by atoms with Gasteiger partial charge in [-0.2, -0.15) is 0 Å². The van der Waals surface area contributed by atoms with Crippen LogP contribution in [0.2, 0.25) is 0 Å². The van der Waals surface area contributed by atoms with Crippen LogP contribution in [-0.4, -0.2) is 47.8 Å². The Morgan fingerprint density at radius 2 is 1.91 bits per heavy atom. The van der Waals surface area contributed by atoms with E-state index >= 15 is 0 Å². The van der Waals surface area contributed by atoms with Crippen LogP contribution in [0, 0.1) is 6.92 Å². The molecule has 1 aromatic heterocycles. The summed E-state index contributed by atoms with van der Waals surface area (Å²) in [7, 11) is 0. The lowest BCUT2D eigenvalue weighted by molar-refractivity contribution is -0.131. The van der Waals surface area contributed by atoms with E-state index in [1.807, 2.05) is 23.1 Å². The number of thioether (sulfide) groups is 1. The van der Waals surface area contributed by atoms with Crippen LogP contribution in [0.15, 0.2) is 52.7 Å². The number of piperidine rings is 1. The minimum atomic E-state index is 0.269. The number of nitrogens with zero attached hydrogens (tertiary/aromatic N) is 2. The van der Waals surface area contributed by atoms with Gasteiger partial charge < -0.3 is 14.4 Å². The third-order valence-corrected chi connectivity index (χ3v) is 8.41. The molecule has 0 spiro atoms. The fourth-order valence-corrected chi connectivity index (χ4v) is 6.28. The van der Waals surface area contributed by atoms with Crippen LogP contribution in [0.4, 0.5) is 0 Å². The topological polar surface area (TPSA) is 51.7 Å². The maximum atomic E-state index is 12.7. The molecule has 2 aliphatic rings. The van der Waals surface area contributed by atoms with Crippen LogP contribution in [0.5, 0.6) is 11.5 Å². The fraction of sp³-hybridized carbons (Fsp3) is 0.385. The Morgan fingerprint density at radius 1 is 1.12 bits per heavy atom. The van der Waals surface area contributed by atoms with Crippen molar-refractivity contribution in [1.29, 1.82) is 0 Å². The monoisotopic (exact) mass is 480 g/mol. The summed E-state index contributed by atoms with van der Waals surface area (Å²) in [4.78, 5) is 20.9. The summed E-state index contributed by atoms with van der Waals surface area (Å²) in [5, 5.41) is 3.29. The van der Waals surface area contributed by atoms with Gasteiger partial charge in [0, 0.05) is 47.0 Å². The van der Waals surface area contributed by atoms with Gasteiger partial charge in [0.15, 0.2) is 11.5 Å². The number of aryl methyl sites for hydroxylation is 1. The minimum Gasteiger partial charge on any atom is -0.486 e. The number of ether oxygens (including phenoxy) is 2. The SMILES string of the molecule is Cc1ccccc1SCCC(=O)N1CCC(c2nc(-c3ccc4c(c3)OCCO4)cs2)CC1. The highest BCUT2D eigenvalue weighted by molar-refractivity contribution is 7.99. The lowest BCUT2D eigenvalue weighted by Gasteiger charge is -2.31. The maximum absolute atomic E-state index is 12.7. The van der Waals surface area contributed by atoms with Crippen LogP contribution in [0.25, 0.3) is 11.3 Å². The number of likely N-dealkylation sites (tertiary alicyclic amines) is 1. The van der Waals surface area contributed by atoms with Crippen LogP contribution in [0.3, 0.4) is 0 Å². The number of amides is 1. The highest BCUT2D eigenvalue weighted by Gasteiger charge is 2.26. The van der Waals surface area contributed by atoms with E-state index in [2.05, 4.69) is 36.6 Å². The zero-order chi connectivity index (χ0) is 22.6. The second-order valence-corrected chi connectivity index (χ2v) is 10.5. The summed E-state index contributed by atoms with van der Waals surface area (Å²) < 4.78 is 11.3. The predicted octanol–water partition coefficient (Wildman–Crippen LogP) is 5.78. The molecular weight excluding hydrogens is 452 g/mol. The third kappa shape index (κ3) is 5.20. The summed E-state index contributed by atoms with van der Waals surface area (Å²) in [6.45, 7) is 4.93. The standard InChI is InChI=1S/C26H28N2O3S2/c1-18-4-2-3-5-24(18)32-15-10-25(29)28-11-8-19(9-12-28)26-27-21(17-33-26)20-6-7-22-23(16-20)31-14-13-30-22/h2-7,16-17,19H,8-15H2,1H3. The van der Waals surface area contributed by atoms with Crippen molar-refractivity contribution in [3.8, 4) is 22.8 Å². The molecule has 2 aromatic carbocycles. The van der Waals surface area contributed by atoms with Crippen LogP contribution in [-0.2, 0) is 4.79 Å². The van der Waals surface area contributed by atoms with Crippen molar-refractivity contribution in [3.63, 3.8) is 0 Å². The summed E-state index contributed by atoms with van der Waals surface area (Å²) in [6.07, 6.45) is 2.55. The van der Waals surface area contributed by atoms with E-state index in [0.717, 1.165) is 54.4 Å². The number of thiazole rings is 1. The lowest BCUT2D eigenvalue weighted by atomic mass is 9.97. The van der Waals surface area contributed by atoms with Gasteiger partial charge in [0.05, 0.1) is 10.7 Å². The molecule has 5 nitrogen and oxygen atoms in total. The zero-order valence-corrected chi connectivity index (χ0v) is 20.4. The molecule has 0 bridgehead atoms. The highest BCUT2D eigenvalue weighted by Crippen LogP contribution is 2.37. The number of hydrogen-bond acceptors (Lipinski definition) is 6. The quantitative estimate of drug-likeness (QED) is 0.419. The summed E-state index contributed by atoms with van der Waals surface area (Å²) >= 11 is 3.49. The van der Waals surface area contributed by atoms with Gasteiger partial charge in [-0.15, -0.1) is 23.1 Å². The largest absolute Gasteiger partial charge is 0.486 e. The number of benzene rings is 2. The zero-order valence-electron chi connectivity index (χ0n) is 18.8. The highest BCUT2D eigenvalue weighted by atomic mass is 32.2. The first-order valence-electron chi connectivity index (χ1n) is 11.5. The molecule has 0 N–H and O–H groups in total.